The molecule has 0 aliphatic heterocycles. The summed E-state index contributed by atoms with van der Waals surface area (Å²) < 4.78 is 22.1. The Bertz CT molecular complexity index is 702. The first-order chi connectivity index (χ1) is 8.97. The molecule has 19 heavy (non-hydrogen) atoms. The first kappa shape index (κ1) is 13.7. The molecule has 5 heteroatoms. The number of carbonyl (C=O) groups excluding carboxylic acids is 1. The highest BCUT2D eigenvalue weighted by Gasteiger charge is 2.11. The van der Waals surface area contributed by atoms with Crippen molar-refractivity contribution in [1.82, 2.24) is 4.98 Å². The fraction of sp³-hybridized carbons (Fsp3) is 0.286. The second kappa shape index (κ2) is 5.48. The van der Waals surface area contributed by atoms with Crippen LogP contribution in [0.2, 0.25) is 0 Å². The minimum Gasteiger partial charge on any atom is -0.294 e. The van der Waals surface area contributed by atoms with Crippen molar-refractivity contribution in [2.45, 2.75) is 12.8 Å². The Kier molecular flexibility index (Phi) is 3.95. The standard InChI is InChI=1S/C14H15NO3S/c1-19(17,18)10-4-7-14(16)12-8-9-15-13-6-3-2-5-11(12)13/h2-3,5-6,8-9H,4,7,10H2,1H3. The number of hydrogen-bond donors (Lipinski definition) is 0. The molecule has 0 radical (unpaired) electrons. The molecule has 0 spiro atoms. The number of sulfone groups is 1. The maximum atomic E-state index is 12.1. The molecule has 2 aromatic rings. The maximum absolute atomic E-state index is 12.1. The highest BCUT2D eigenvalue weighted by atomic mass is 32.2. The van der Waals surface area contributed by atoms with E-state index in [2.05, 4.69) is 4.98 Å². The molecule has 0 atom stereocenters. The van der Waals surface area contributed by atoms with E-state index in [0.29, 0.717) is 12.0 Å². The second-order valence-electron chi connectivity index (χ2n) is 4.53. The van der Waals surface area contributed by atoms with Crippen molar-refractivity contribution < 1.29 is 13.2 Å². The van der Waals surface area contributed by atoms with E-state index in [1.165, 1.54) is 6.26 Å². The smallest absolute Gasteiger partial charge is 0.163 e. The monoisotopic (exact) mass is 277 g/mol. The van der Waals surface area contributed by atoms with Crippen molar-refractivity contribution in [3.8, 4) is 0 Å². The second-order valence-corrected chi connectivity index (χ2v) is 6.79. The number of hydrogen-bond acceptors (Lipinski definition) is 4. The Morgan fingerprint density at radius 2 is 1.95 bits per heavy atom. The molecule has 2 rings (SSSR count). The molecule has 0 N–H and O–H groups in total. The van der Waals surface area contributed by atoms with Gasteiger partial charge in [0.25, 0.3) is 0 Å². The van der Waals surface area contributed by atoms with Gasteiger partial charge in [0.05, 0.1) is 11.3 Å². The van der Waals surface area contributed by atoms with Crippen molar-refractivity contribution >= 4 is 26.5 Å². The van der Waals surface area contributed by atoms with E-state index < -0.39 is 9.84 Å². The van der Waals surface area contributed by atoms with Crippen molar-refractivity contribution in [1.29, 1.82) is 0 Å². The molecule has 0 bridgehead atoms. The van der Waals surface area contributed by atoms with Gasteiger partial charge in [-0.25, -0.2) is 8.42 Å². The van der Waals surface area contributed by atoms with Crippen LogP contribution in [0.5, 0.6) is 0 Å². The SMILES string of the molecule is CS(=O)(=O)CCCC(=O)c1ccnc2ccccc12. The number of nitrogens with zero attached hydrogens (tertiary/aromatic N) is 1. The van der Waals surface area contributed by atoms with E-state index in [0.717, 1.165) is 10.9 Å². The van der Waals surface area contributed by atoms with Crippen molar-refractivity contribution in [3.05, 3.63) is 42.1 Å². The van der Waals surface area contributed by atoms with Crippen molar-refractivity contribution in [2.24, 2.45) is 0 Å². The number of pyridine rings is 1. The summed E-state index contributed by atoms with van der Waals surface area (Å²) in [6.07, 6.45) is 3.38. The number of carbonyl (C=O) groups is 1. The third-order valence-corrected chi connectivity index (χ3v) is 3.90. The lowest BCUT2D eigenvalue weighted by Gasteiger charge is -2.04. The van der Waals surface area contributed by atoms with Crippen LogP contribution in [0.15, 0.2) is 36.5 Å². The fourth-order valence-electron chi connectivity index (χ4n) is 1.97. The molecular formula is C14H15NO3S. The highest BCUT2D eigenvalue weighted by molar-refractivity contribution is 7.90. The van der Waals surface area contributed by atoms with Gasteiger partial charge in [-0.05, 0) is 18.6 Å². The summed E-state index contributed by atoms with van der Waals surface area (Å²) in [5.74, 6) is 0.00383. The van der Waals surface area contributed by atoms with Gasteiger partial charge < -0.3 is 0 Å². The van der Waals surface area contributed by atoms with Crippen LogP contribution in [-0.4, -0.2) is 31.2 Å². The number of Topliss-reactive ketones (excluding diaryl/α,β-unsaturated/α-hetero) is 1. The molecule has 1 aromatic heterocycles. The van der Waals surface area contributed by atoms with E-state index in [9.17, 15) is 13.2 Å². The van der Waals surface area contributed by atoms with Gasteiger partial charge in [-0.2, -0.15) is 0 Å². The van der Waals surface area contributed by atoms with Gasteiger partial charge in [0.1, 0.15) is 9.84 Å². The van der Waals surface area contributed by atoms with Crippen LogP contribution < -0.4 is 0 Å². The molecule has 0 saturated carbocycles. The normalized spacial score (nSPS) is 11.6. The van der Waals surface area contributed by atoms with Gasteiger partial charge in [-0.15, -0.1) is 0 Å². The molecule has 0 aliphatic rings. The van der Waals surface area contributed by atoms with Crippen LogP contribution in [0.1, 0.15) is 23.2 Å². The largest absolute Gasteiger partial charge is 0.294 e. The molecule has 0 saturated heterocycles. The predicted molar refractivity (Wildman–Crippen MR) is 75.0 cm³/mol. The van der Waals surface area contributed by atoms with Crippen LogP contribution in [0.25, 0.3) is 10.9 Å². The van der Waals surface area contributed by atoms with Crippen LogP contribution in [0.4, 0.5) is 0 Å². The summed E-state index contributed by atoms with van der Waals surface area (Å²) >= 11 is 0. The molecular weight excluding hydrogens is 262 g/mol. The maximum Gasteiger partial charge on any atom is 0.163 e. The van der Waals surface area contributed by atoms with Gasteiger partial charge in [0.15, 0.2) is 5.78 Å². The van der Waals surface area contributed by atoms with E-state index in [4.69, 9.17) is 0 Å². The molecule has 0 amide bonds. The van der Waals surface area contributed by atoms with E-state index in [1.807, 2.05) is 24.3 Å². The Labute approximate surface area is 112 Å². The average molecular weight is 277 g/mol. The zero-order chi connectivity index (χ0) is 13.9. The number of fused-ring (bicyclic) bond motifs is 1. The van der Waals surface area contributed by atoms with Crippen LogP contribution in [-0.2, 0) is 9.84 Å². The topological polar surface area (TPSA) is 64.1 Å². The summed E-state index contributed by atoms with van der Waals surface area (Å²) in [7, 11) is -3.01. The molecule has 0 unspecified atom stereocenters. The Balaban J connectivity index is 2.18. The van der Waals surface area contributed by atoms with Gasteiger partial charge in [0, 0.05) is 29.8 Å². The Morgan fingerprint density at radius 3 is 2.68 bits per heavy atom. The predicted octanol–water partition coefficient (Wildman–Crippen LogP) is 2.24. The molecule has 4 nitrogen and oxygen atoms in total. The van der Waals surface area contributed by atoms with Crippen molar-refractivity contribution in [3.63, 3.8) is 0 Å². The number of rotatable bonds is 5. The minimum atomic E-state index is -3.01. The van der Waals surface area contributed by atoms with E-state index >= 15 is 0 Å². The summed E-state index contributed by atoms with van der Waals surface area (Å²) in [6.45, 7) is 0. The van der Waals surface area contributed by atoms with Crippen molar-refractivity contribution in [2.75, 3.05) is 12.0 Å². The molecule has 1 heterocycles. The van der Waals surface area contributed by atoms with Gasteiger partial charge in [-0.1, -0.05) is 18.2 Å². The zero-order valence-electron chi connectivity index (χ0n) is 10.7. The fourth-order valence-corrected chi connectivity index (χ4v) is 2.64. The van der Waals surface area contributed by atoms with Gasteiger partial charge in [-0.3, -0.25) is 9.78 Å². The summed E-state index contributed by atoms with van der Waals surface area (Å²) in [5.41, 5.74) is 1.38. The molecule has 1 aromatic carbocycles. The number of para-hydroxylation sites is 1. The summed E-state index contributed by atoms with van der Waals surface area (Å²) in [6, 6.07) is 9.12. The van der Waals surface area contributed by atoms with Gasteiger partial charge >= 0.3 is 0 Å². The molecule has 100 valence electrons. The number of aromatic nitrogens is 1. The lowest BCUT2D eigenvalue weighted by atomic mass is 10.0. The van der Waals surface area contributed by atoms with Crippen LogP contribution in [0, 0.1) is 0 Å². The minimum absolute atomic E-state index is 0.0396. The van der Waals surface area contributed by atoms with Gasteiger partial charge in [0.2, 0.25) is 0 Å². The quantitative estimate of drug-likeness (QED) is 0.786. The first-order valence-electron chi connectivity index (χ1n) is 6.02. The molecule has 0 fully saturated rings. The third kappa shape index (κ3) is 3.61. The third-order valence-electron chi connectivity index (χ3n) is 2.87. The zero-order valence-corrected chi connectivity index (χ0v) is 11.5. The summed E-state index contributed by atoms with van der Waals surface area (Å²) in [5, 5.41) is 0.814. The number of ketones is 1. The Hall–Kier alpha value is -1.75. The van der Waals surface area contributed by atoms with E-state index in [1.54, 1.807) is 12.3 Å². The summed E-state index contributed by atoms with van der Waals surface area (Å²) in [4.78, 5) is 16.3. The lowest BCUT2D eigenvalue weighted by Crippen LogP contribution is -2.07. The lowest BCUT2D eigenvalue weighted by molar-refractivity contribution is 0.0983. The van der Waals surface area contributed by atoms with Crippen LogP contribution >= 0.6 is 0 Å². The molecule has 0 aliphatic carbocycles. The average Bonchev–Trinajstić information content (AvgIpc) is 2.36. The Morgan fingerprint density at radius 1 is 1.21 bits per heavy atom. The first-order valence-corrected chi connectivity index (χ1v) is 8.08. The van der Waals surface area contributed by atoms with Crippen LogP contribution in [0.3, 0.4) is 0 Å². The number of benzene rings is 1. The highest BCUT2D eigenvalue weighted by Crippen LogP contribution is 2.18. The van der Waals surface area contributed by atoms with E-state index in [-0.39, 0.29) is 18.0 Å².